The third-order valence-corrected chi connectivity index (χ3v) is 4.06. The third kappa shape index (κ3) is 3.74. The second-order valence-electron chi connectivity index (χ2n) is 5.81. The lowest BCUT2D eigenvalue weighted by molar-refractivity contribution is -0.0696. The molecule has 0 aromatic heterocycles. The van der Waals surface area contributed by atoms with E-state index < -0.39 is 34.6 Å². The summed E-state index contributed by atoms with van der Waals surface area (Å²) in [7, 11) is 0. The van der Waals surface area contributed by atoms with E-state index in [9.17, 15) is 26.3 Å². The molecule has 1 aliphatic rings. The van der Waals surface area contributed by atoms with Crippen LogP contribution in [0.15, 0.2) is 18.2 Å². The molecule has 0 saturated carbocycles. The van der Waals surface area contributed by atoms with Crippen molar-refractivity contribution >= 4 is 10.8 Å². The van der Waals surface area contributed by atoms with E-state index in [4.69, 9.17) is 4.74 Å². The lowest BCUT2D eigenvalue weighted by atomic mass is 9.91. The average molecular weight is 358 g/mol. The molecule has 3 rings (SSSR count). The summed E-state index contributed by atoms with van der Waals surface area (Å²) in [5.74, 6) is -1.56. The summed E-state index contributed by atoms with van der Waals surface area (Å²) in [6, 6.07) is 3.35. The molecule has 25 heavy (non-hydrogen) atoms. The molecule has 1 atom stereocenters. The first kappa shape index (κ1) is 17.6. The monoisotopic (exact) mass is 358 g/mol. The molecule has 0 spiro atoms. The number of benzene rings is 2. The van der Waals surface area contributed by atoms with Crippen molar-refractivity contribution in [2.45, 2.75) is 24.9 Å². The Balaban J connectivity index is 2.13. The maximum absolute atomic E-state index is 14.4. The molecule has 1 saturated heterocycles. The van der Waals surface area contributed by atoms with Gasteiger partial charge in [-0.15, -0.1) is 0 Å². The van der Waals surface area contributed by atoms with Gasteiger partial charge in [-0.2, -0.15) is 13.2 Å². The summed E-state index contributed by atoms with van der Waals surface area (Å²) >= 11 is 0. The van der Waals surface area contributed by atoms with Crippen LogP contribution in [0, 0.1) is 29.3 Å². The van der Waals surface area contributed by atoms with Gasteiger partial charge in [0, 0.05) is 18.4 Å². The van der Waals surface area contributed by atoms with Gasteiger partial charge in [0.1, 0.15) is 11.6 Å². The van der Waals surface area contributed by atoms with E-state index >= 15 is 0 Å². The van der Waals surface area contributed by atoms with E-state index in [2.05, 4.69) is 0 Å². The molecular formula is C18H12F6O. The van der Waals surface area contributed by atoms with E-state index in [1.54, 1.807) is 0 Å². The summed E-state index contributed by atoms with van der Waals surface area (Å²) in [5.41, 5.74) is -0.560. The van der Waals surface area contributed by atoms with Gasteiger partial charge in [0.2, 0.25) is 0 Å². The minimum Gasteiger partial charge on any atom is -0.381 e. The van der Waals surface area contributed by atoms with Crippen LogP contribution >= 0.6 is 0 Å². The first-order valence-corrected chi connectivity index (χ1v) is 7.55. The minimum atomic E-state index is -4.91. The van der Waals surface area contributed by atoms with Crippen molar-refractivity contribution in [3.05, 3.63) is 46.8 Å². The number of ether oxygens (including phenoxy) is 1. The van der Waals surface area contributed by atoms with E-state index in [0.29, 0.717) is 18.8 Å². The zero-order valence-corrected chi connectivity index (χ0v) is 12.8. The highest BCUT2D eigenvalue weighted by atomic mass is 19.4. The van der Waals surface area contributed by atoms with Crippen LogP contribution in [0.3, 0.4) is 0 Å². The second kappa shape index (κ2) is 6.60. The van der Waals surface area contributed by atoms with Crippen molar-refractivity contribution in [3.63, 3.8) is 0 Å². The average Bonchev–Trinajstić information content (AvgIpc) is 2.53. The number of rotatable bonds is 1. The zero-order valence-electron chi connectivity index (χ0n) is 12.8. The highest BCUT2D eigenvalue weighted by Gasteiger charge is 2.25. The van der Waals surface area contributed by atoms with Gasteiger partial charge in [-0.05, 0) is 35.9 Å². The third-order valence-electron chi connectivity index (χ3n) is 4.06. The Morgan fingerprint density at radius 1 is 1.04 bits per heavy atom. The lowest BCUT2D eigenvalue weighted by Crippen LogP contribution is -2.15. The van der Waals surface area contributed by atoms with Gasteiger partial charge in [-0.25, -0.2) is 13.2 Å². The summed E-state index contributed by atoms with van der Waals surface area (Å²) < 4.78 is 84.5. The number of fused-ring (bicyclic) bond motifs is 1. The van der Waals surface area contributed by atoms with Crippen LogP contribution in [0.25, 0.3) is 10.8 Å². The molecule has 0 radical (unpaired) electrons. The minimum absolute atomic E-state index is 0.0619. The molecule has 1 fully saturated rings. The smallest absolute Gasteiger partial charge is 0.381 e. The molecule has 0 aliphatic carbocycles. The second-order valence-corrected chi connectivity index (χ2v) is 5.81. The fraction of sp³-hybridized carbons (Fsp3) is 0.333. The van der Waals surface area contributed by atoms with Crippen LogP contribution in [0.1, 0.15) is 29.9 Å². The van der Waals surface area contributed by atoms with E-state index in [1.807, 2.05) is 0 Å². The zero-order chi connectivity index (χ0) is 18.2. The van der Waals surface area contributed by atoms with Crippen LogP contribution in [0.4, 0.5) is 26.3 Å². The van der Waals surface area contributed by atoms with Gasteiger partial charge >= 0.3 is 6.18 Å². The molecule has 1 nitrogen and oxygen atoms in total. The standard InChI is InChI=1S/C18H12F6O/c19-14-8-12-6-11(10-2-1-5-25-9-10)7-15(20)16(12)17(21)13(14)3-4-18(22,23)24/h6-8,10H,1-2,5,9H2. The van der Waals surface area contributed by atoms with E-state index in [-0.39, 0.29) is 11.3 Å². The first-order chi connectivity index (χ1) is 11.8. The molecule has 2 aromatic carbocycles. The maximum atomic E-state index is 14.4. The predicted octanol–water partition coefficient (Wildman–Crippen LogP) is 5.06. The van der Waals surface area contributed by atoms with Crippen molar-refractivity contribution < 1.29 is 31.1 Å². The number of hydrogen-bond acceptors (Lipinski definition) is 1. The molecule has 1 heterocycles. The summed E-state index contributed by atoms with van der Waals surface area (Å²) in [4.78, 5) is 0. The Bertz CT molecular complexity index is 869. The fourth-order valence-electron chi connectivity index (χ4n) is 2.92. The van der Waals surface area contributed by atoms with Gasteiger partial charge in [0.25, 0.3) is 0 Å². The Kier molecular flexibility index (Phi) is 4.65. The lowest BCUT2D eigenvalue weighted by Gasteiger charge is -2.23. The van der Waals surface area contributed by atoms with Crippen LogP contribution < -0.4 is 0 Å². The Hall–Kier alpha value is -2.20. The molecule has 0 amide bonds. The van der Waals surface area contributed by atoms with Crippen LogP contribution in [0.2, 0.25) is 0 Å². The summed E-state index contributed by atoms with van der Waals surface area (Å²) in [6.07, 6.45) is -3.36. The number of hydrogen-bond donors (Lipinski definition) is 0. The largest absolute Gasteiger partial charge is 0.458 e. The highest BCUT2D eigenvalue weighted by molar-refractivity contribution is 5.86. The van der Waals surface area contributed by atoms with Gasteiger partial charge in [0.15, 0.2) is 5.82 Å². The molecule has 0 bridgehead atoms. The van der Waals surface area contributed by atoms with Crippen molar-refractivity contribution in [2.24, 2.45) is 0 Å². The number of alkyl halides is 3. The molecule has 1 aliphatic heterocycles. The van der Waals surface area contributed by atoms with Crippen molar-refractivity contribution in [2.75, 3.05) is 13.2 Å². The summed E-state index contributed by atoms with van der Waals surface area (Å²) in [6.45, 7) is 0.988. The molecule has 0 N–H and O–H groups in total. The van der Waals surface area contributed by atoms with E-state index in [1.165, 1.54) is 12.0 Å². The van der Waals surface area contributed by atoms with Crippen LogP contribution in [-0.2, 0) is 4.74 Å². The van der Waals surface area contributed by atoms with Crippen molar-refractivity contribution in [1.29, 1.82) is 0 Å². The fourth-order valence-corrected chi connectivity index (χ4v) is 2.92. The molecule has 1 unspecified atom stereocenters. The molecule has 2 aromatic rings. The van der Waals surface area contributed by atoms with Crippen LogP contribution in [-0.4, -0.2) is 19.4 Å². The van der Waals surface area contributed by atoms with Crippen molar-refractivity contribution in [3.8, 4) is 11.8 Å². The molecule has 7 heteroatoms. The maximum Gasteiger partial charge on any atom is 0.458 e. The van der Waals surface area contributed by atoms with E-state index in [0.717, 1.165) is 30.9 Å². The Morgan fingerprint density at radius 2 is 1.80 bits per heavy atom. The van der Waals surface area contributed by atoms with Gasteiger partial charge in [0.05, 0.1) is 17.6 Å². The molecule has 132 valence electrons. The SMILES string of the molecule is Fc1cc2cc(C3CCCOC3)cc(F)c2c(F)c1C#CC(F)(F)F. The first-order valence-electron chi connectivity index (χ1n) is 7.55. The topological polar surface area (TPSA) is 9.23 Å². The van der Waals surface area contributed by atoms with Crippen LogP contribution in [0.5, 0.6) is 0 Å². The van der Waals surface area contributed by atoms with Gasteiger partial charge in [-0.1, -0.05) is 12.0 Å². The quantitative estimate of drug-likeness (QED) is 0.511. The predicted molar refractivity (Wildman–Crippen MR) is 79.5 cm³/mol. The summed E-state index contributed by atoms with van der Waals surface area (Å²) in [5, 5.41) is -0.638. The highest BCUT2D eigenvalue weighted by Crippen LogP contribution is 2.32. The van der Waals surface area contributed by atoms with Gasteiger partial charge in [-0.3, -0.25) is 0 Å². The molecular weight excluding hydrogens is 346 g/mol. The Labute approximate surface area is 139 Å². The number of halogens is 6. The normalized spacial score (nSPS) is 18.1. The Morgan fingerprint density at radius 3 is 2.44 bits per heavy atom. The van der Waals surface area contributed by atoms with Gasteiger partial charge < -0.3 is 4.74 Å². The van der Waals surface area contributed by atoms with Crippen molar-refractivity contribution in [1.82, 2.24) is 0 Å².